The number of piperidine rings is 1. The van der Waals surface area contributed by atoms with Gasteiger partial charge in [0.1, 0.15) is 0 Å². The van der Waals surface area contributed by atoms with Crippen LogP contribution in [0, 0.1) is 29.6 Å². The minimum atomic E-state index is -1.84. The third-order valence-corrected chi connectivity index (χ3v) is 10.5. The van der Waals surface area contributed by atoms with E-state index in [9.17, 15) is 14.4 Å². The van der Waals surface area contributed by atoms with Crippen LogP contribution in [0.1, 0.15) is 105 Å². The third kappa shape index (κ3) is 7.07. The zero-order chi connectivity index (χ0) is 32.1. The van der Waals surface area contributed by atoms with Crippen molar-refractivity contribution in [2.24, 2.45) is 46.0 Å². The first-order valence-corrected chi connectivity index (χ1v) is 17.1. The first-order valence-electron chi connectivity index (χ1n) is 17.1. The molecule has 0 aromatic rings. The molecule has 4 aliphatic rings. The fourth-order valence-corrected chi connectivity index (χ4v) is 8.17. The Morgan fingerprint density at radius 2 is 1.98 bits per heavy atom. The molecule has 2 aliphatic carbocycles. The van der Waals surface area contributed by atoms with Crippen molar-refractivity contribution in [3.05, 3.63) is 11.6 Å². The van der Waals surface area contributed by atoms with Gasteiger partial charge in [-0.1, -0.05) is 58.1 Å². The van der Waals surface area contributed by atoms with E-state index < -0.39 is 29.0 Å². The first-order chi connectivity index (χ1) is 21.0. The van der Waals surface area contributed by atoms with Crippen LogP contribution >= 0.6 is 0 Å². The number of aliphatic imine (C=N–C) groups is 1. The van der Waals surface area contributed by atoms with Crippen LogP contribution in [0.5, 0.6) is 0 Å². The molecule has 6 N–H and O–H groups in total. The Morgan fingerprint density at radius 1 is 1.20 bits per heavy atom. The molecule has 5 unspecified atom stereocenters. The van der Waals surface area contributed by atoms with Crippen molar-refractivity contribution in [3.63, 3.8) is 0 Å². The number of ketones is 2. The second-order valence-corrected chi connectivity index (χ2v) is 14.2. The number of fused-ring (bicyclic) bond motifs is 2. The number of carbonyl (C=O) groups is 3. The van der Waals surface area contributed by atoms with E-state index in [2.05, 4.69) is 36.4 Å². The lowest BCUT2D eigenvalue weighted by Crippen LogP contribution is -2.60. The molecule has 0 bridgehead atoms. The van der Waals surface area contributed by atoms with Crippen molar-refractivity contribution in [2.45, 2.75) is 128 Å². The molecule has 0 spiro atoms. The Labute approximate surface area is 263 Å². The molecular weight excluding hydrogens is 558 g/mol. The van der Waals surface area contributed by atoms with Crippen molar-refractivity contribution >= 4 is 23.5 Å². The predicted octanol–water partition coefficient (Wildman–Crippen LogP) is 3.76. The number of hydrogen-bond acceptors (Lipinski definition) is 8. The summed E-state index contributed by atoms with van der Waals surface area (Å²) in [5.41, 5.74) is 9.99. The van der Waals surface area contributed by atoms with Gasteiger partial charge in [-0.3, -0.25) is 14.6 Å². The number of carbonyl (C=O) groups excluding carboxylic acids is 3. The molecule has 4 fully saturated rings. The van der Waals surface area contributed by atoms with Crippen LogP contribution in [0.3, 0.4) is 0 Å². The lowest BCUT2D eigenvalue weighted by atomic mass is 9.57. The maximum Gasteiger partial charge on any atom is 0.349 e. The topological polar surface area (TPSA) is 161 Å². The maximum atomic E-state index is 14.4. The van der Waals surface area contributed by atoms with E-state index in [4.69, 9.17) is 20.9 Å². The number of nitrogens with two attached hydrogens (primary N) is 2. The van der Waals surface area contributed by atoms with E-state index >= 15 is 0 Å². The minimum Gasteiger partial charge on any atom is -0.463 e. The van der Waals surface area contributed by atoms with E-state index in [0.29, 0.717) is 24.7 Å². The zero-order valence-electron chi connectivity index (χ0n) is 27.7. The molecule has 0 aromatic carbocycles. The highest BCUT2D eigenvalue weighted by atomic mass is 16.7. The maximum absolute atomic E-state index is 14.4. The van der Waals surface area contributed by atoms with Crippen LogP contribution in [0.4, 0.5) is 0 Å². The lowest BCUT2D eigenvalue weighted by molar-refractivity contribution is -0.160. The van der Waals surface area contributed by atoms with Gasteiger partial charge in [0.2, 0.25) is 0 Å². The van der Waals surface area contributed by atoms with Crippen LogP contribution in [-0.4, -0.2) is 67.1 Å². The molecule has 4 rings (SSSR count). The molecular formula is C34H57N5O5. The van der Waals surface area contributed by atoms with Gasteiger partial charge in [0.05, 0.1) is 12.8 Å². The lowest BCUT2D eigenvalue weighted by Gasteiger charge is -2.42. The van der Waals surface area contributed by atoms with Gasteiger partial charge in [-0.25, -0.2) is 4.79 Å². The summed E-state index contributed by atoms with van der Waals surface area (Å²) < 4.78 is 11.9. The molecule has 8 atom stereocenters. The summed E-state index contributed by atoms with van der Waals surface area (Å²) in [6, 6.07) is 0.00164. The normalized spacial score (nSPS) is 34.8. The van der Waals surface area contributed by atoms with Crippen LogP contribution in [0.25, 0.3) is 0 Å². The quantitative estimate of drug-likeness (QED) is 0.0434. The van der Waals surface area contributed by atoms with Gasteiger partial charge < -0.3 is 31.6 Å². The number of hydrogen-bond donors (Lipinski definition) is 4. The van der Waals surface area contributed by atoms with E-state index in [1.165, 1.54) is 0 Å². The van der Waals surface area contributed by atoms with E-state index in [-0.39, 0.29) is 48.6 Å². The van der Waals surface area contributed by atoms with Crippen LogP contribution in [-0.2, 0) is 23.9 Å². The van der Waals surface area contributed by atoms with Crippen molar-refractivity contribution in [2.75, 3.05) is 20.2 Å². The summed E-state index contributed by atoms with van der Waals surface area (Å²) in [6.45, 7) is 9.48. The number of unbranched alkanes of at least 4 members (excludes halogenated alkanes) is 3. The molecule has 0 radical (unpaired) electrons. The Hall–Kier alpha value is -2.30. The van der Waals surface area contributed by atoms with Gasteiger partial charge in [0.15, 0.2) is 23.1 Å². The highest BCUT2D eigenvalue weighted by molar-refractivity contribution is 6.23. The zero-order valence-corrected chi connectivity index (χ0v) is 27.7. The summed E-state index contributed by atoms with van der Waals surface area (Å²) in [6.07, 6.45) is 11.6. The van der Waals surface area contributed by atoms with E-state index in [0.717, 1.165) is 69.9 Å². The second kappa shape index (κ2) is 14.9. The summed E-state index contributed by atoms with van der Waals surface area (Å²) in [5.74, 6) is -0.778. The van der Waals surface area contributed by atoms with Gasteiger partial charge in [-0.15, -0.1) is 0 Å². The van der Waals surface area contributed by atoms with E-state index in [1.807, 2.05) is 13.0 Å². The van der Waals surface area contributed by atoms with Crippen molar-refractivity contribution in [1.82, 2.24) is 10.6 Å². The number of guanidine groups is 1. The van der Waals surface area contributed by atoms with Crippen LogP contribution in [0.15, 0.2) is 16.6 Å². The van der Waals surface area contributed by atoms with Gasteiger partial charge in [-0.2, -0.15) is 0 Å². The summed E-state index contributed by atoms with van der Waals surface area (Å²) in [4.78, 5) is 46.6. The molecule has 10 heteroatoms. The van der Waals surface area contributed by atoms with Crippen LogP contribution < -0.4 is 22.1 Å². The summed E-state index contributed by atoms with van der Waals surface area (Å²) in [7, 11) is 1.65. The van der Waals surface area contributed by atoms with Crippen molar-refractivity contribution < 1.29 is 23.9 Å². The number of ether oxygens (including phenoxy) is 2. The number of Topliss-reactive ketones (excluding diaryl/α,β-unsaturated/α-hetero) is 2. The predicted molar refractivity (Wildman–Crippen MR) is 172 cm³/mol. The molecule has 0 aromatic heterocycles. The first kappa shape index (κ1) is 34.6. The highest BCUT2D eigenvalue weighted by Gasteiger charge is 2.87. The largest absolute Gasteiger partial charge is 0.463 e. The monoisotopic (exact) mass is 615 g/mol. The van der Waals surface area contributed by atoms with Crippen molar-refractivity contribution in [1.29, 1.82) is 0 Å². The molecule has 248 valence electrons. The Bertz CT molecular complexity index is 1110. The fourth-order valence-electron chi connectivity index (χ4n) is 8.17. The highest BCUT2D eigenvalue weighted by Crippen LogP contribution is 2.62. The molecule has 2 heterocycles. The number of nitrogens with zero attached hydrogens (tertiary/aromatic N) is 1. The molecule has 2 saturated heterocycles. The summed E-state index contributed by atoms with van der Waals surface area (Å²) in [5, 5.41) is 6.65. The van der Waals surface area contributed by atoms with Crippen LogP contribution in [0.2, 0.25) is 0 Å². The second-order valence-electron chi connectivity index (χ2n) is 14.2. The smallest absolute Gasteiger partial charge is 0.349 e. The number of nitrogens with one attached hydrogen (secondary N) is 2. The average molecular weight is 616 g/mol. The molecule has 44 heavy (non-hydrogen) atoms. The minimum absolute atomic E-state index is 0.00164. The molecule has 2 aliphatic heterocycles. The van der Waals surface area contributed by atoms with Crippen molar-refractivity contribution in [3.8, 4) is 0 Å². The SMILES string of the molecule is CCCCCCOC(=O)[C@]12O[C@@]1(CC=C(C)C[C@@H](NC(N)=NC)C1CCNC(N)C1)C(=O)C1CCCC(CC(C)C)C1C2=O. The Balaban J connectivity index is 1.58. The number of epoxide rings is 1. The number of esters is 1. The molecule has 10 nitrogen and oxygen atoms in total. The average Bonchev–Trinajstić information content (AvgIpc) is 3.70. The Morgan fingerprint density at radius 3 is 2.66 bits per heavy atom. The number of rotatable bonds is 14. The van der Waals surface area contributed by atoms with Gasteiger partial charge >= 0.3 is 5.97 Å². The molecule has 2 saturated carbocycles. The van der Waals surface area contributed by atoms with E-state index in [1.54, 1.807) is 7.05 Å². The molecule has 0 amide bonds. The van der Waals surface area contributed by atoms with Gasteiger partial charge in [-0.05, 0) is 76.2 Å². The standard InChI is InChI=1S/C34H57N5O5/c1-6-7-8-9-17-43-31(42)34-30(41)28-24(18-21(2)3)11-10-12-25(28)29(40)33(34,44-34)15-13-22(4)19-26(39-32(36)37-5)23-14-16-38-27(35)20-23/h13,21,23-28,38H,6-12,14-20,35H2,1-5H3,(H3,36,37,39)/t23?,24?,25?,26-,27?,28?,33+,34+/m1/s1. The van der Waals surface area contributed by atoms with Gasteiger partial charge in [0.25, 0.3) is 5.60 Å². The third-order valence-electron chi connectivity index (χ3n) is 10.5. The fraction of sp³-hybridized carbons (Fsp3) is 0.824. The Kier molecular flexibility index (Phi) is 11.7. The van der Waals surface area contributed by atoms with Gasteiger partial charge in [0, 0.05) is 31.3 Å². The summed E-state index contributed by atoms with van der Waals surface area (Å²) >= 11 is 0.